The van der Waals surface area contributed by atoms with Crippen LogP contribution in [0, 0.1) is 12.8 Å². The third-order valence-electron chi connectivity index (χ3n) is 5.77. The highest BCUT2D eigenvalue weighted by molar-refractivity contribution is 7.80. The normalized spacial score (nSPS) is 24.9. The van der Waals surface area contributed by atoms with Gasteiger partial charge in [-0.3, -0.25) is 9.69 Å². The lowest BCUT2D eigenvalue weighted by atomic mass is 9.78. The number of amides is 1. The van der Waals surface area contributed by atoms with E-state index in [4.69, 9.17) is 21.7 Å². The van der Waals surface area contributed by atoms with Gasteiger partial charge < -0.3 is 19.7 Å². The van der Waals surface area contributed by atoms with E-state index in [1.165, 1.54) is 0 Å². The van der Waals surface area contributed by atoms with Gasteiger partial charge in [-0.15, -0.1) is 0 Å². The van der Waals surface area contributed by atoms with Gasteiger partial charge in [-0.2, -0.15) is 0 Å². The average Bonchev–Trinajstić information content (AvgIpc) is 2.68. The standard InChI is InChI=1S/C22H25N3O3S/c1-13-8-6-7-9-16(13)25-21(29)23-19-15-12-14(27-5)10-11-17(15)28-22(25,2)18(19)20(26)24(3)4/h6-12,18-19H,1-5H3,(H,23,29)/t18-,19-,22+/m1/s1. The Morgan fingerprint density at radius 2 is 2.00 bits per heavy atom. The van der Waals surface area contributed by atoms with Crippen LogP contribution in [0.2, 0.25) is 0 Å². The van der Waals surface area contributed by atoms with E-state index in [0.29, 0.717) is 10.9 Å². The summed E-state index contributed by atoms with van der Waals surface area (Å²) in [5.41, 5.74) is 1.85. The molecule has 0 aliphatic carbocycles. The zero-order chi connectivity index (χ0) is 20.9. The Morgan fingerprint density at radius 1 is 1.28 bits per heavy atom. The predicted octanol–water partition coefficient (Wildman–Crippen LogP) is 3.25. The van der Waals surface area contributed by atoms with Crippen molar-refractivity contribution in [3.05, 3.63) is 53.6 Å². The molecule has 152 valence electrons. The number of carbonyl (C=O) groups is 1. The second-order valence-electron chi connectivity index (χ2n) is 7.82. The van der Waals surface area contributed by atoms with Gasteiger partial charge in [0, 0.05) is 25.3 Å². The van der Waals surface area contributed by atoms with E-state index in [-0.39, 0.29) is 11.9 Å². The number of ether oxygens (including phenoxy) is 2. The van der Waals surface area contributed by atoms with Gasteiger partial charge in [0.1, 0.15) is 17.4 Å². The summed E-state index contributed by atoms with van der Waals surface area (Å²) in [5.74, 6) is 0.888. The molecule has 7 heteroatoms. The van der Waals surface area contributed by atoms with Crippen LogP contribution in [-0.4, -0.2) is 42.8 Å². The molecule has 0 aromatic heterocycles. The van der Waals surface area contributed by atoms with Crippen LogP contribution in [0.1, 0.15) is 24.1 Å². The number of fused-ring (bicyclic) bond motifs is 4. The van der Waals surface area contributed by atoms with Crippen molar-refractivity contribution in [1.29, 1.82) is 0 Å². The molecule has 6 nitrogen and oxygen atoms in total. The van der Waals surface area contributed by atoms with Crippen LogP contribution in [0.3, 0.4) is 0 Å². The number of para-hydroxylation sites is 1. The van der Waals surface area contributed by atoms with Gasteiger partial charge in [-0.1, -0.05) is 18.2 Å². The van der Waals surface area contributed by atoms with Crippen molar-refractivity contribution in [3.8, 4) is 11.5 Å². The molecule has 3 atom stereocenters. The van der Waals surface area contributed by atoms with E-state index in [1.54, 1.807) is 26.1 Å². The van der Waals surface area contributed by atoms with E-state index in [1.807, 2.05) is 61.2 Å². The number of hydrogen-bond acceptors (Lipinski definition) is 4. The van der Waals surface area contributed by atoms with Crippen LogP contribution in [0.25, 0.3) is 0 Å². The molecule has 1 amide bonds. The van der Waals surface area contributed by atoms with Gasteiger partial charge in [-0.25, -0.2) is 0 Å². The minimum atomic E-state index is -0.984. The molecule has 1 fully saturated rings. The monoisotopic (exact) mass is 411 g/mol. The molecule has 1 saturated heterocycles. The number of thiocarbonyl (C=S) groups is 1. The predicted molar refractivity (Wildman–Crippen MR) is 116 cm³/mol. The molecule has 0 radical (unpaired) electrons. The smallest absolute Gasteiger partial charge is 0.233 e. The largest absolute Gasteiger partial charge is 0.497 e. The molecule has 2 bridgehead atoms. The second-order valence-corrected chi connectivity index (χ2v) is 8.21. The van der Waals surface area contributed by atoms with Crippen molar-refractivity contribution in [3.63, 3.8) is 0 Å². The maximum absolute atomic E-state index is 13.4. The summed E-state index contributed by atoms with van der Waals surface area (Å²) in [6.07, 6.45) is 0. The molecule has 2 heterocycles. The topological polar surface area (TPSA) is 54.0 Å². The quantitative estimate of drug-likeness (QED) is 0.783. The third kappa shape index (κ3) is 2.92. The Kier molecular flexibility index (Phi) is 4.65. The number of hydrogen-bond donors (Lipinski definition) is 1. The van der Waals surface area contributed by atoms with Gasteiger partial charge in [0.25, 0.3) is 0 Å². The number of benzene rings is 2. The highest BCUT2D eigenvalue weighted by Crippen LogP contribution is 2.51. The lowest BCUT2D eigenvalue weighted by Crippen LogP contribution is -2.72. The van der Waals surface area contributed by atoms with E-state index < -0.39 is 11.6 Å². The van der Waals surface area contributed by atoms with E-state index >= 15 is 0 Å². The maximum Gasteiger partial charge on any atom is 0.233 e. The van der Waals surface area contributed by atoms with Crippen molar-refractivity contribution in [1.82, 2.24) is 10.2 Å². The molecule has 2 aliphatic heterocycles. The molecular formula is C22H25N3O3S. The number of rotatable bonds is 3. The first-order valence-electron chi connectivity index (χ1n) is 9.52. The number of anilines is 1. The Bertz CT molecular complexity index is 993. The Morgan fingerprint density at radius 3 is 2.66 bits per heavy atom. The number of nitrogens with zero attached hydrogens (tertiary/aromatic N) is 2. The van der Waals surface area contributed by atoms with Crippen LogP contribution in [-0.2, 0) is 4.79 Å². The fraction of sp³-hybridized carbons (Fsp3) is 0.364. The number of carbonyl (C=O) groups excluding carboxylic acids is 1. The fourth-order valence-corrected chi connectivity index (χ4v) is 4.73. The van der Waals surface area contributed by atoms with E-state index in [2.05, 4.69) is 5.32 Å². The van der Waals surface area contributed by atoms with E-state index in [9.17, 15) is 4.79 Å². The van der Waals surface area contributed by atoms with Gasteiger partial charge in [0.15, 0.2) is 10.8 Å². The molecule has 2 aromatic rings. The van der Waals surface area contributed by atoms with Gasteiger partial charge in [0.2, 0.25) is 5.91 Å². The minimum Gasteiger partial charge on any atom is -0.497 e. The number of aryl methyl sites for hydroxylation is 1. The highest BCUT2D eigenvalue weighted by Gasteiger charge is 2.59. The number of nitrogens with one attached hydrogen (secondary N) is 1. The molecule has 0 unspecified atom stereocenters. The van der Waals surface area contributed by atoms with Gasteiger partial charge in [0.05, 0.1) is 13.2 Å². The van der Waals surface area contributed by atoms with Crippen molar-refractivity contribution in [2.75, 3.05) is 26.1 Å². The van der Waals surface area contributed by atoms with E-state index in [0.717, 1.165) is 22.6 Å². The molecule has 29 heavy (non-hydrogen) atoms. The van der Waals surface area contributed by atoms with Crippen LogP contribution in [0.15, 0.2) is 42.5 Å². The fourth-order valence-electron chi connectivity index (χ4n) is 4.32. The number of methoxy groups -OCH3 is 1. The summed E-state index contributed by atoms with van der Waals surface area (Å²) in [4.78, 5) is 16.9. The summed E-state index contributed by atoms with van der Waals surface area (Å²) in [6.45, 7) is 3.97. The lowest BCUT2D eigenvalue weighted by molar-refractivity contribution is -0.144. The van der Waals surface area contributed by atoms with Crippen LogP contribution in [0.4, 0.5) is 5.69 Å². The van der Waals surface area contributed by atoms with Crippen LogP contribution in [0.5, 0.6) is 11.5 Å². The Labute approximate surface area is 176 Å². The third-order valence-corrected chi connectivity index (χ3v) is 6.07. The molecule has 0 spiro atoms. The zero-order valence-electron chi connectivity index (χ0n) is 17.2. The molecule has 2 aliphatic rings. The average molecular weight is 412 g/mol. The Balaban J connectivity index is 1.93. The summed E-state index contributed by atoms with van der Waals surface area (Å²) < 4.78 is 12.0. The SMILES string of the molecule is COc1ccc2c(c1)[C@H]1NC(=S)N(c3ccccc3C)[C@@](C)(O2)[C@H]1C(=O)N(C)C. The second kappa shape index (κ2) is 6.91. The molecule has 0 saturated carbocycles. The van der Waals surface area contributed by atoms with Gasteiger partial charge in [-0.05, 0) is 55.9 Å². The zero-order valence-corrected chi connectivity index (χ0v) is 18.0. The molecular weight excluding hydrogens is 386 g/mol. The maximum atomic E-state index is 13.4. The highest BCUT2D eigenvalue weighted by atomic mass is 32.1. The summed E-state index contributed by atoms with van der Waals surface area (Å²) in [7, 11) is 5.15. The first-order valence-corrected chi connectivity index (χ1v) is 9.93. The van der Waals surface area contributed by atoms with Crippen LogP contribution < -0.4 is 19.7 Å². The van der Waals surface area contributed by atoms with Crippen LogP contribution >= 0.6 is 12.2 Å². The van der Waals surface area contributed by atoms with Crippen molar-refractivity contribution in [2.24, 2.45) is 5.92 Å². The molecule has 4 rings (SSSR count). The molecule has 2 aromatic carbocycles. The first-order chi connectivity index (χ1) is 13.8. The van der Waals surface area contributed by atoms with Crippen molar-refractivity contribution < 1.29 is 14.3 Å². The summed E-state index contributed by atoms with van der Waals surface area (Å²) in [6, 6.07) is 13.3. The summed E-state index contributed by atoms with van der Waals surface area (Å²) >= 11 is 5.77. The van der Waals surface area contributed by atoms with Crippen molar-refractivity contribution >= 4 is 28.9 Å². The Hall–Kier alpha value is -2.80. The lowest BCUT2D eigenvalue weighted by Gasteiger charge is -2.56. The van der Waals surface area contributed by atoms with Gasteiger partial charge >= 0.3 is 0 Å². The summed E-state index contributed by atoms with van der Waals surface area (Å²) in [5, 5.41) is 3.95. The first kappa shape index (κ1) is 19.5. The van der Waals surface area contributed by atoms with Crippen molar-refractivity contribution in [2.45, 2.75) is 25.6 Å². The molecule has 1 N–H and O–H groups in total. The minimum absolute atomic E-state index is 0.0282.